The second-order valence-corrected chi connectivity index (χ2v) is 7.36. The fraction of sp³-hybridized carbons (Fsp3) is 0.222. The van der Waals surface area contributed by atoms with Crippen LogP contribution in [0.25, 0.3) is 16.6 Å². The van der Waals surface area contributed by atoms with E-state index >= 15 is 0 Å². The Morgan fingerprint density at radius 3 is 2.64 bits per heavy atom. The Morgan fingerprint density at radius 2 is 1.82 bits per heavy atom. The predicted octanol–water partition coefficient (Wildman–Crippen LogP) is 4.33. The van der Waals surface area contributed by atoms with Crippen molar-refractivity contribution in [3.8, 4) is 0 Å². The number of allylic oxidation sites excluding steroid dienone is 5. The van der Waals surface area contributed by atoms with E-state index in [9.17, 15) is 0 Å². The number of hydrogen-bond acceptors (Lipinski definition) is 4. The van der Waals surface area contributed by atoms with E-state index in [1.165, 1.54) is 16.7 Å². The van der Waals surface area contributed by atoms with E-state index in [1.807, 2.05) is 24.3 Å². The van der Waals surface area contributed by atoms with E-state index < -0.39 is 0 Å². The summed E-state index contributed by atoms with van der Waals surface area (Å²) in [5, 5.41) is 0.240. The van der Waals surface area contributed by atoms with Crippen molar-refractivity contribution in [1.82, 2.24) is 9.97 Å². The average molecular weight is 322 g/mol. The van der Waals surface area contributed by atoms with Crippen LogP contribution in [0.15, 0.2) is 52.5 Å². The van der Waals surface area contributed by atoms with Gasteiger partial charge in [-0.1, -0.05) is 18.2 Å². The van der Waals surface area contributed by atoms with Gasteiger partial charge in [-0.2, -0.15) is 12.6 Å². The molecule has 2 nitrogen and oxygen atoms in total. The Bertz CT molecular complexity index is 924. The molecule has 2 aromatic rings. The number of fused-ring (bicyclic) bond motifs is 4. The van der Waals surface area contributed by atoms with E-state index in [-0.39, 0.29) is 5.25 Å². The molecule has 0 aliphatic heterocycles. The van der Waals surface area contributed by atoms with Crippen LogP contribution in [0.5, 0.6) is 0 Å². The molecule has 108 valence electrons. The highest BCUT2D eigenvalue weighted by molar-refractivity contribution is 7.84. The first-order chi connectivity index (χ1) is 10.7. The molecule has 1 heterocycles. The Kier molecular flexibility index (Phi) is 2.65. The van der Waals surface area contributed by atoms with Gasteiger partial charge in [0.2, 0.25) is 0 Å². The maximum atomic E-state index is 4.94. The molecule has 0 fully saturated rings. The van der Waals surface area contributed by atoms with Crippen LogP contribution in [0.4, 0.5) is 0 Å². The van der Waals surface area contributed by atoms with Crippen LogP contribution in [-0.2, 0) is 0 Å². The highest BCUT2D eigenvalue weighted by Gasteiger charge is 2.39. The summed E-state index contributed by atoms with van der Waals surface area (Å²) in [7, 11) is 0. The quantitative estimate of drug-likeness (QED) is 0.706. The third kappa shape index (κ3) is 1.71. The van der Waals surface area contributed by atoms with Crippen molar-refractivity contribution in [3.05, 3.63) is 63.9 Å². The summed E-state index contributed by atoms with van der Waals surface area (Å²) < 4.78 is 0. The number of nitrogens with zero attached hydrogens (tertiary/aromatic N) is 2. The van der Waals surface area contributed by atoms with Gasteiger partial charge in [-0.3, -0.25) is 0 Å². The largest absolute Gasteiger partial charge is 0.248 e. The van der Waals surface area contributed by atoms with Crippen LogP contribution in [0.1, 0.15) is 30.1 Å². The van der Waals surface area contributed by atoms with Gasteiger partial charge in [0.25, 0.3) is 0 Å². The van der Waals surface area contributed by atoms with Gasteiger partial charge in [0.05, 0.1) is 22.4 Å². The highest BCUT2D eigenvalue weighted by atomic mass is 32.1. The summed E-state index contributed by atoms with van der Waals surface area (Å²) in [6.07, 6.45) is 6.30. The van der Waals surface area contributed by atoms with Crippen LogP contribution in [-0.4, -0.2) is 15.2 Å². The fourth-order valence-corrected chi connectivity index (χ4v) is 4.54. The molecule has 0 spiro atoms. The Hall–Kier alpha value is -1.52. The maximum Gasteiger partial charge on any atom is 0.0895 e. The first-order valence-corrected chi connectivity index (χ1v) is 8.47. The summed E-state index contributed by atoms with van der Waals surface area (Å²) in [5.74, 6) is 0.312. The zero-order chi connectivity index (χ0) is 14.8. The van der Waals surface area contributed by atoms with Crippen LogP contribution in [0, 0.1) is 0 Å². The molecule has 0 saturated heterocycles. The third-order valence-electron chi connectivity index (χ3n) is 4.72. The molecule has 0 amide bonds. The maximum absolute atomic E-state index is 4.94. The van der Waals surface area contributed by atoms with Gasteiger partial charge in [0.15, 0.2) is 0 Å². The van der Waals surface area contributed by atoms with Crippen molar-refractivity contribution in [1.29, 1.82) is 0 Å². The number of para-hydroxylation sites is 2. The summed E-state index contributed by atoms with van der Waals surface area (Å²) in [4.78, 5) is 11.0. The predicted molar refractivity (Wildman–Crippen MR) is 96.4 cm³/mol. The normalized spacial score (nSPS) is 25.7. The van der Waals surface area contributed by atoms with Crippen molar-refractivity contribution < 1.29 is 0 Å². The Labute approximate surface area is 139 Å². The molecule has 0 bridgehead atoms. The smallest absolute Gasteiger partial charge is 0.0895 e. The van der Waals surface area contributed by atoms with Crippen LogP contribution in [0.2, 0.25) is 0 Å². The lowest BCUT2D eigenvalue weighted by Crippen LogP contribution is -2.12. The number of thiol groups is 2. The second-order valence-electron chi connectivity index (χ2n) is 6.12. The van der Waals surface area contributed by atoms with Crippen LogP contribution in [0.3, 0.4) is 0 Å². The summed E-state index contributed by atoms with van der Waals surface area (Å²) in [5.41, 5.74) is 8.17. The van der Waals surface area contributed by atoms with Gasteiger partial charge >= 0.3 is 0 Å². The standard InChI is InChI=1S/C18H14N2S2/c21-10-5-9-6-11(22)8-13-16(9)12(7-10)17-18(13)20-15-4-2-1-3-14(15)19-17/h1-6,10,13,21-22H,7-8H2. The molecule has 2 atom stereocenters. The SMILES string of the molecule is SC1=CC2=CC(S)CC3=C2C(C1)c1nc2ccccc2nc13. The van der Waals surface area contributed by atoms with Crippen LogP contribution < -0.4 is 0 Å². The average Bonchev–Trinajstić information content (AvgIpc) is 2.79. The minimum Gasteiger partial charge on any atom is -0.248 e. The van der Waals surface area contributed by atoms with Gasteiger partial charge < -0.3 is 0 Å². The minimum atomic E-state index is 0.240. The van der Waals surface area contributed by atoms with Crippen molar-refractivity contribution in [2.24, 2.45) is 0 Å². The van der Waals surface area contributed by atoms with Crippen LogP contribution >= 0.6 is 25.3 Å². The molecular formula is C18H14N2S2. The molecule has 1 aromatic heterocycles. The first-order valence-electron chi connectivity index (χ1n) is 7.50. The summed E-state index contributed by atoms with van der Waals surface area (Å²) in [6, 6.07) is 8.12. The Morgan fingerprint density at radius 1 is 1.05 bits per heavy atom. The molecule has 5 rings (SSSR count). The molecular weight excluding hydrogens is 308 g/mol. The third-order valence-corrected chi connectivity index (χ3v) is 5.36. The van der Waals surface area contributed by atoms with E-state index in [4.69, 9.17) is 22.6 Å². The molecule has 0 saturated carbocycles. The van der Waals surface area contributed by atoms with Gasteiger partial charge in [0.1, 0.15) is 0 Å². The first kappa shape index (κ1) is 13.0. The lowest BCUT2D eigenvalue weighted by molar-refractivity contribution is 0.780. The lowest BCUT2D eigenvalue weighted by Gasteiger charge is -2.26. The molecule has 0 radical (unpaired) electrons. The number of benzene rings is 1. The summed E-state index contributed by atoms with van der Waals surface area (Å²) in [6.45, 7) is 0. The van der Waals surface area contributed by atoms with E-state index in [1.54, 1.807) is 0 Å². The lowest BCUT2D eigenvalue weighted by atomic mass is 9.81. The molecule has 2 unspecified atom stereocenters. The molecule has 22 heavy (non-hydrogen) atoms. The Balaban J connectivity index is 1.82. The molecule has 3 aliphatic rings. The van der Waals surface area contributed by atoms with Gasteiger partial charge in [-0.15, -0.1) is 12.6 Å². The van der Waals surface area contributed by atoms with Crippen molar-refractivity contribution in [3.63, 3.8) is 0 Å². The minimum absolute atomic E-state index is 0.240. The second kappa shape index (κ2) is 4.49. The van der Waals surface area contributed by atoms with Gasteiger partial charge in [-0.05, 0) is 52.7 Å². The van der Waals surface area contributed by atoms with Gasteiger partial charge in [-0.25, -0.2) is 9.97 Å². The van der Waals surface area contributed by atoms with Gasteiger partial charge in [0, 0.05) is 11.2 Å². The molecule has 3 aliphatic carbocycles. The van der Waals surface area contributed by atoms with E-state index in [0.717, 1.165) is 40.2 Å². The zero-order valence-electron chi connectivity index (χ0n) is 11.8. The van der Waals surface area contributed by atoms with Crippen molar-refractivity contribution in [2.75, 3.05) is 0 Å². The highest BCUT2D eigenvalue weighted by Crippen LogP contribution is 2.53. The molecule has 1 aromatic carbocycles. The van der Waals surface area contributed by atoms with Crippen molar-refractivity contribution in [2.45, 2.75) is 24.0 Å². The number of hydrogen-bond donors (Lipinski definition) is 2. The molecule has 0 N–H and O–H groups in total. The number of rotatable bonds is 0. The van der Waals surface area contributed by atoms with Crippen molar-refractivity contribution >= 4 is 41.9 Å². The summed E-state index contributed by atoms with van der Waals surface area (Å²) >= 11 is 9.32. The van der Waals surface area contributed by atoms with E-state index in [0.29, 0.717) is 5.92 Å². The fourth-order valence-electron chi connectivity index (χ4n) is 3.87. The monoisotopic (exact) mass is 322 g/mol. The zero-order valence-corrected chi connectivity index (χ0v) is 13.6. The topological polar surface area (TPSA) is 25.8 Å². The van der Waals surface area contributed by atoms with E-state index in [2.05, 4.69) is 24.8 Å². The number of aromatic nitrogens is 2. The molecule has 4 heteroatoms.